The molecule has 0 amide bonds. The molecule has 4 heteroatoms. The highest BCUT2D eigenvalue weighted by molar-refractivity contribution is 6.16. The summed E-state index contributed by atoms with van der Waals surface area (Å²) in [5.74, 6) is -0.252. The summed E-state index contributed by atoms with van der Waals surface area (Å²) >= 11 is 0. The molecule has 1 aliphatic heterocycles. The van der Waals surface area contributed by atoms with Gasteiger partial charge < -0.3 is 12.4 Å². The Balaban J connectivity index is 0.00000132. The van der Waals surface area contributed by atoms with Crippen LogP contribution in [0.3, 0.4) is 0 Å². The van der Waals surface area contributed by atoms with Crippen LogP contribution < -0.4 is 17.0 Å². The maximum absolute atomic E-state index is 12.7. The van der Waals surface area contributed by atoms with Gasteiger partial charge in [0.1, 0.15) is 5.56 Å². The Hall–Kier alpha value is -2.52. The topological polar surface area (TPSA) is 38.0 Å². The van der Waals surface area contributed by atoms with Gasteiger partial charge in [0.25, 0.3) is 11.5 Å². The molecule has 0 aliphatic carbocycles. The first kappa shape index (κ1) is 13.5. The van der Waals surface area contributed by atoms with Gasteiger partial charge in [-0.05, 0) is 24.3 Å². The minimum atomic E-state index is -0.146. The minimum Gasteiger partial charge on any atom is -1.00 e. The zero-order chi connectivity index (χ0) is 13.7. The summed E-state index contributed by atoms with van der Waals surface area (Å²) in [6, 6.07) is 18.1. The molecule has 0 atom stereocenters. The molecule has 0 spiro atoms. The normalized spacial score (nSPS) is 12.6. The highest BCUT2D eigenvalue weighted by Gasteiger charge is 2.38. The fourth-order valence-electron chi connectivity index (χ4n) is 2.73. The molecule has 21 heavy (non-hydrogen) atoms. The molecule has 0 N–H and O–H groups in total. The molecule has 1 aromatic heterocycles. The molecule has 3 nitrogen and oxygen atoms in total. The highest BCUT2D eigenvalue weighted by atomic mass is 35.5. The van der Waals surface area contributed by atoms with Gasteiger partial charge >= 0.3 is 5.91 Å². The van der Waals surface area contributed by atoms with E-state index in [4.69, 9.17) is 0 Å². The van der Waals surface area contributed by atoms with E-state index in [1.54, 1.807) is 30.3 Å². The van der Waals surface area contributed by atoms with Crippen LogP contribution in [0.15, 0.2) is 60.7 Å². The highest BCUT2D eigenvalue weighted by Crippen LogP contribution is 2.20. The number of ketones is 1. The monoisotopic (exact) mass is 295 g/mol. The maximum Gasteiger partial charge on any atom is 0.426 e. The second-order valence-corrected chi connectivity index (χ2v) is 4.79. The van der Waals surface area contributed by atoms with Crippen molar-refractivity contribution in [1.29, 1.82) is 0 Å². The number of hydrogen-bond donors (Lipinski definition) is 0. The quantitative estimate of drug-likeness (QED) is 0.405. The summed E-state index contributed by atoms with van der Waals surface area (Å²) in [5.41, 5.74) is 2.13. The molecule has 2 heterocycles. The number of benzene rings is 2. The van der Waals surface area contributed by atoms with Gasteiger partial charge in [0, 0.05) is 23.1 Å². The standard InChI is InChI=1S/C17H10NO2.ClH/c19-16-12-6-2-3-7-13(12)17(20)18-14-8-4-1-5-11(14)9-10-15(16)18;/h1-10H;1H/q+1;/p-1. The molecule has 1 aliphatic rings. The lowest BCUT2D eigenvalue weighted by Gasteiger charge is -2.12. The van der Waals surface area contributed by atoms with E-state index in [1.807, 2.05) is 30.3 Å². The van der Waals surface area contributed by atoms with Crippen molar-refractivity contribution < 1.29 is 26.6 Å². The zero-order valence-corrected chi connectivity index (χ0v) is 11.7. The number of pyridine rings is 1. The van der Waals surface area contributed by atoms with Crippen LogP contribution in [0.2, 0.25) is 0 Å². The third kappa shape index (κ3) is 1.78. The van der Waals surface area contributed by atoms with Gasteiger partial charge in [0.2, 0.25) is 5.52 Å². The number of rotatable bonds is 0. The molecule has 0 radical (unpaired) electrons. The summed E-state index contributed by atoms with van der Waals surface area (Å²) < 4.78 is 1.51. The molecule has 0 saturated carbocycles. The molecule has 3 aromatic rings. The van der Waals surface area contributed by atoms with Crippen molar-refractivity contribution >= 4 is 22.6 Å². The lowest BCUT2D eigenvalue weighted by atomic mass is 9.95. The average Bonchev–Trinajstić information content (AvgIpc) is 2.51. The fourth-order valence-corrected chi connectivity index (χ4v) is 2.73. The molecule has 0 fully saturated rings. The first-order chi connectivity index (χ1) is 9.77. The lowest BCUT2D eigenvalue weighted by molar-refractivity contribution is -0.545. The van der Waals surface area contributed by atoms with Crippen LogP contribution in [0, 0.1) is 0 Å². The molecule has 0 unspecified atom stereocenters. The Kier molecular flexibility index (Phi) is 3.07. The van der Waals surface area contributed by atoms with Crippen molar-refractivity contribution in [1.82, 2.24) is 0 Å². The summed E-state index contributed by atoms with van der Waals surface area (Å²) in [7, 11) is 0. The van der Waals surface area contributed by atoms with E-state index in [2.05, 4.69) is 0 Å². The van der Waals surface area contributed by atoms with Crippen molar-refractivity contribution in [3.63, 3.8) is 0 Å². The van der Waals surface area contributed by atoms with E-state index in [9.17, 15) is 9.59 Å². The van der Waals surface area contributed by atoms with Gasteiger partial charge in [-0.2, -0.15) is 0 Å². The molecule has 0 bridgehead atoms. The molecular weight excluding hydrogens is 286 g/mol. The van der Waals surface area contributed by atoms with Crippen molar-refractivity contribution in [2.24, 2.45) is 0 Å². The van der Waals surface area contributed by atoms with Crippen LogP contribution in [0.4, 0.5) is 0 Å². The van der Waals surface area contributed by atoms with Gasteiger partial charge in [0.05, 0.1) is 0 Å². The van der Waals surface area contributed by atoms with Crippen molar-refractivity contribution in [3.8, 4) is 0 Å². The number of carbonyl (C=O) groups excluding carboxylic acids is 2. The summed E-state index contributed by atoms with van der Waals surface area (Å²) in [4.78, 5) is 25.2. The third-order valence-electron chi connectivity index (χ3n) is 3.68. The SMILES string of the molecule is O=C1c2ccccc2C(=O)[n+]2c1ccc1ccccc12.[Cl-]. The van der Waals surface area contributed by atoms with E-state index in [-0.39, 0.29) is 24.1 Å². The van der Waals surface area contributed by atoms with Crippen LogP contribution in [-0.2, 0) is 0 Å². The average molecular weight is 296 g/mol. The van der Waals surface area contributed by atoms with Crippen LogP contribution >= 0.6 is 0 Å². The summed E-state index contributed by atoms with van der Waals surface area (Å²) in [6.45, 7) is 0. The number of halogens is 1. The zero-order valence-electron chi connectivity index (χ0n) is 10.9. The van der Waals surface area contributed by atoms with E-state index in [1.165, 1.54) is 4.57 Å². The van der Waals surface area contributed by atoms with Crippen LogP contribution in [0.5, 0.6) is 0 Å². The van der Waals surface area contributed by atoms with E-state index in [0.29, 0.717) is 16.8 Å². The molecule has 0 saturated heterocycles. The van der Waals surface area contributed by atoms with E-state index >= 15 is 0 Å². The van der Waals surface area contributed by atoms with Gasteiger partial charge in [0.15, 0.2) is 0 Å². The smallest absolute Gasteiger partial charge is 0.426 e. The van der Waals surface area contributed by atoms with Crippen molar-refractivity contribution in [2.45, 2.75) is 0 Å². The van der Waals surface area contributed by atoms with Crippen LogP contribution in [0.25, 0.3) is 10.9 Å². The summed E-state index contributed by atoms with van der Waals surface area (Å²) in [6.07, 6.45) is 0. The van der Waals surface area contributed by atoms with E-state index < -0.39 is 0 Å². The van der Waals surface area contributed by atoms with Gasteiger partial charge in [-0.3, -0.25) is 4.79 Å². The third-order valence-corrected chi connectivity index (χ3v) is 3.68. The Morgan fingerprint density at radius 3 is 2.19 bits per heavy atom. The Bertz CT molecular complexity index is 902. The fraction of sp³-hybridized carbons (Fsp3) is 0. The van der Waals surface area contributed by atoms with Crippen LogP contribution in [0.1, 0.15) is 26.4 Å². The Morgan fingerprint density at radius 2 is 1.38 bits per heavy atom. The Morgan fingerprint density at radius 1 is 0.714 bits per heavy atom. The number of aromatic nitrogens is 1. The molecule has 4 rings (SSSR count). The first-order valence-corrected chi connectivity index (χ1v) is 6.39. The predicted octanol–water partition coefficient (Wildman–Crippen LogP) is -0.636. The number of nitrogens with zero attached hydrogens (tertiary/aromatic N) is 1. The first-order valence-electron chi connectivity index (χ1n) is 6.39. The van der Waals surface area contributed by atoms with Crippen LogP contribution in [-0.4, -0.2) is 11.7 Å². The molecular formula is C17H10ClNO2. The lowest BCUT2D eigenvalue weighted by Crippen LogP contribution is -3.00. The number of para-hydroxylation sites is 1. The summed E-state index contributed by atoms with van der Waals surface area (Å²) in [5, 5.41) is 0.941. The number of fused-ring (bicyclic) bond motifs is 4. The number of hydrogen-bond acceptors (Lipinski definition) is 2. The largest absolute Gasteiger partial charge is 1.00 e. The minimum absolute atomic E-state index is 0. The molecule has 102 valence electrons. The second-order valence-electron chi connectivity index (χ2n) is 4.79. The maximum atomic E-state index is 12.7. The van der Waals surface area contributed by atoms with E-state index in [0.717, 1.165) is 10.9 Å². The van der Waals surface area contributed by atoms with Crippen molar-refractivity contribution in [3.05, 3.63) is 77.5 Å². The van der Waals surface area contributed by atoms with Gasteiger partial charge in [-0.1, -0.05) is 24.3 Å². The predicted molar refractivity (Wildman–Crippen MR) is 73.7 cm³/mol. The molecule has 2 aromatic carbocycles. The van der Waals surface area contributed by atoms with Gasteiger partial charge in [-0.15, -0.1) is 4.57 Å². The van der Waals surface area contributed by atoms with Gasteiger partial charge in [-0.25, -0.2) is 4.79 Å². The second kappa shape index (κ2) is 4.79. The van der Waals surface area contributed by atoms with Crippen molar-refractivity contribution in [2.75, 3.05) is 0 Å². The Labute approximate surface area is 127 Å². The number of carbonyl (C=O) groups is 2.